The highest BCUT2D eigenvalue weighted by molar-refractivity contribution is 6.15. The topological polar surface area (TPSA) is 49.6 Å². The minimum Gasteiger partial charge on any atom is -0.455 e. The molecular weight excluding hydrogens is 623 g/mol. The van der Waals surface area contributed by atoms with Crippen molar-refractivity contribution in [2.24, 2.45) is 4.99 Å². The summed E-state index contributed by atoms with van der Waals surface area (Å²) < 4.78 is 6.88. The molecule has 0 bridgehead atoms. The fourth-order valence-corrected chi connectivity index (χ4v) is 7.54. The van der Waals surface area contributed by atoms with Crippen LogP contribution in [-0.2, 0) is 0 Å². The van der Waals surface area contributed by atoms with Gasteiger partial charge in [0.1, 0.15) is 29.3 Å². The van der Waals surface area contributed by atoms with Gasteiger partial charge in [0, 0.05) is 27.5 Å². The van der Waals surface area contributed by atoms with Crippen molar-refractivity contribution in [3.63, 3.8) is 0 Å². The number of hydrogen-bond acceptors (Lipinski definition) is 4. The fraction of sp³-hybridized carbons (Fsp3) is 0.0426. The molecule has 51 heavy (non-hydrogen) atoms. The number of fused-ring (bicyclic) bond motifs is 5. The maximum absolute atomic E-state index is 6.88. The molecule has 2 heterocycles. The van der Waals surface area contributed by atoms with Crippen LogP contribution in [0.2, 0.25) is 0 Å². The monoisotopic (exact) mass is 655 g/mol. The predicted octanol–water partition coefficient (Wildman–Crippen LogP) is 11.6. The molecule has 2 unspecified atom stereocenters. The van der Waals surface area contributed by atoms with Gasteiger partial charge in [-0.1, -0.05) is 158 Å². The fourth-order valence-electron chi connectivity index (χ4n) is 7.54. The summed E-state index contributed by atoms with van der Waals surface area (Å²) in [6, 6.07) is 62.2. The first-order valence-corrected chi connectivity index (χ1v) is 17.4. The Hall–Kier alpha value is -6.49. The summed E-state index contributed by atoms with van der Waals surface area (Å²) >= 11 is 0. The third kappa shape index (κ3) is 5.25. The number of nitrogens with zero attached hydrogens (tertiary/aromatic N) is 1. The molecule has 242 valence electrons. The van der Waals surface area contributed by atoms with E-state index in [0.29, 0.717) is 0 Å². The first-order valence-electron chi connectivity index (χ1n) is 17.4. The summed E-state index contributed by atoms with van der Waals surface area (Å²) in [6.07, 6.45) is -0.467. The molecule has 1 aliphatic heterocycles. The van der Waals surface area contributed by atoms with Crippen molar-refractivity contribution >= 4 is 49.3 Å². The lowest BCUT2D eigenvalue weighted by Gasteiger charge is -2.32. The molecule has 4 heteroatoms. The Morgan fingerprint density at radius 3 is 1.88 bits per heavy atom. The lowest BCUT2D eigenvalue weighted by molar-refractivity contribution is 0.411. The van der Waals surface area contributed by atoms with Crippen molar-refractivity contribution < 1.29 is 4.42 Å². The average molecular weight is 656 g/mol. The Kier molecular flexibility index (Phi) is 7.00. The second-order valence-electron chi connectivity index (χ2n) is 13.2. The number of rotatable bonds is 5. The molecule has 9 aromatic rings. The van der Waals surface area contributed by atoms with Gasteiger partial charge in [0.05, 0.1) is 0 Å². The van der Waals surface area contributed by atoms with Gasteiger partial charge in [-0.2, -0.15) is 0 Å². The van der Waals surface area contributed by atoms with Crippen LogP contribution < -0.4 is 10.6 Å². The van der Waals surface area contributed by atoms with E-state index >= 15 is 0 Å². The van der Waals surface area contributed by atoms with E-state index in [1.165, 1.54) is 27.3 Å². The molecule has 0 saturated carbocycles. The van der Waals surface area contributed by atoms with E-state index in [4.69, 9.17) is 9.41 Å². The number of benzene rings is 8. The molecule has 0 amide bonds. The van der Waals surface area contributed by atoms with Crippen LogP contribution in [0.25, 0.3) is 65.7 Å². The first kappa shape index (κ1) is 29.4. The van der Waals surface area contributed by atoms with E-state index in [2.05, 4.69) is 174 Å². The van der Waals surface area contributed by atoms with Gasteiger partial charge in [0.25, 0.3) is 0 Å². The number of amidine groups is 1. The summed E-state index contributed by atoms with van der Waals surface area (Å²) in [4.78, 5) is 5.16. The van der Waals surface area contributed by atoms with Crippen molar-refractivity contribution in [1.82, 2.24) is 10.6 Å². The Balaban J connectivity index is 1.13. The normalized spacial score (nSPS) is 16.0. The molecule has 8 aromatic carbocycles. The highest BCUT2D eigenvalue weighted by atomic mass is 16.3. The van der Waals surface area contributed by atoms with E-state index < -0.39 is 0 Å². The predicted molar refractivity (Wildman–Crippen MR) is 211 cm³/mol. The number of nitrogens with one attached hydrogen (secondary N) is 2. The van der Waals surface area contributed by atoms with Crippen LogP contribution in [0.5, 0.6) is 0 Å². The second kappa shape index (κ2) is 12.1. The molecule has 0 spiro atoms. The quantitative estimate of drug-likeness (QED) is 0.194. The SMILES string of the molecule is c1ccc(C2=NC(c3ccccc3)NC(c3ccc(-c4ccc(-c5ccc6ccccc6c5)cc4)c4oc5cc6ccccc6cc5c34)N2)cc1. The lowest BCUT2D eigenvalue weighted by atomic mass is 9.94. The number of hydrogen-bond donors (Lipinski definition) is 2. The average Bonchev–Trinajstić information content (AvgIpc) is 3.58. The zero-order valence-electron chi connectivity index (χ0n) is 27.8. The molecule has 2 N–H and O–H groups in total. The standard InChI is InChI=1S/C47H33N3O/c1-3-12-33(13-4-1)45-48-46(34-14-5-2-6-15-34)50-47(49-45)40-26-25-39(44-43(40)41-28-36-17-9-10-18-37(36)29-42(41)51-44)32-22-19-31(20-23-32)38-24-21-30-11-7-8-16-35(30)27-38/h1-29,45,47,49H,(H,48,50). The highest BCUT2D eigenvalue weighted by Crippen LogP contribution is 2.42. The maximum Gasteiger partial charge on any atom is 0.143 e. The van der Waals surface area contributed by atoms with E-state index in [1.54, 1.807) is 0 Å². The van der Waals surface area contributed by atoms with Gasteiger partial charge in [-0.05, 0) is 62.0 Å². The van der Waals surface area contributed by atoms with Crippen LogP contribution in [0.4, 0.5) is 0 Å². The Labute approximate surface area is 295 Å². The van der Waals surface area contributed by atoms with Crippen LogP contribution in [0.1, 0.15) is 29.0 Å². The number of furan rings is 1. The molecule has 0 fully saturated rings. The second-order valence-corrected chi connectivity index (χ2v) is 13.2. The third-order valence-electron chi connectivity index (χ3n) is 10.1. The smallest absolute Gasteiger partial charge is 0.143 e. The Morgan fingerprint density at radius 1 is 0.490 bits per heavy atom. The summed E-state index contributed by atoms with van der Waals surface area (Å²) in [5.74, 6) is 0.855. The van der Waals surface area contributed by atoms with Crippen LogP contribution in [0.3, 0.4) is 0 Å². The molecule has 0 aliphatic carbocycles. The van der Waals surface area contributed by atoms with Crippen molar-refractivity contribution in [2.45, 2.75) is 12.3 Å². The Bertz CT molecular complexity index is 2750. The summed E-state index contributed by atoms with van der Waals surface area (Å²) in [6.45, 7) is 0. The largest absolute Gasteiger partial charge is 0.455 e. The highest BCUT2D eigenvalue weighted by Gasteiger charge is 2.29. The summed E-state index contributed by atoms with van der Waals surface area (Å²) in [7, 11) is 0. The minimum absolute atomic E-state index is 0.232. The molecular formula is C47H33N3O. The molecule has 4 nitrogen and oxygen atoms in total. The van der Waals surface area contributed by atoms with Crippen molar-refractivity contribution in [2.75, 3.05) is 0 Å². The van der Waals surface area contributed by atoms with Crippen molar-refractivity contribution in [3.8, 4) is 22.3 Å². The van der Waals surface area contributed by atoms with Gasteiger partial charge >= 0.3 is 0 Å². The molecule has 1 aliphatic rings. The van der Waals surface area contributed by atoms with Crippen LogP contribution in [0.15, 0.2) is 185 Å². The molecule has 0 saturated heterocycles. The van der Waals surface area contributed by atoms with Crippen LogP contribution >= 0.6 is 0 Å². The molecule has 1 aromatic heterocycles. The van der Waals surface area contributed by atoms with Gasteiger partial charge < -0.3 is 9.73 Å². The molecule has 10 rings (SSSR count). The molecule has 0 radical (unpaired) electrons. The van der Waals surface area contributed by atoms with Gasteiger partial charge in [-0.3, -0.25) is 5.32 Å². The lowest BCUT2D eigenvalue weighted by Crippen LogP contribution is -2.45. The van der Waals surface area contributed by atoms with E-state index in [-0.39, 0.29) is 12.3 Å². The summed E-state index contributed by atoms with van der Waals surface area (Å²) in [5.41, 5.74) is 9.58. The third-order valence-corrected chi connectivity index (χ3v) is 10.1. The van der Waals surface area contributed by atoms with Crippen molar-refractivity contribution in [1.29, 1.82) is 0 Å². The van der Waals surface area contributed by atoms with E-state index in [0.717, 1.165) is 61.0 Å². The number of aliphatic imine (C=N–C) groups is 1. The summed E-state index contributed by atoms with van der Waals surface area (Å²) in [5, 5.41) is 14.6. The van der Waals surface area contributed by atoms with E-state index in [9.17, 15) is 0 Å². The van der Waals surface area contributed by atoms with Gasteiger partial charge in [-0.15, -0.1) is 0 Å². The zero-order chi connectivity index (χ0) is 33.7. The zero-order valence-corrected chi connectivity index (χ0v) is 27.8. The van der Waals surface area contributed by atoms with Crippen LogP contribution in [-0.4, -0.2) is 5.84 Å². The maximum atomic E-state index is 6.88. The van der Waals surface area contributed by atoms with Gasteiger partial charge in [0.2, 0.25) is 0 Å². The minimum atomic E-state index is -0.234. The Morgan fingerprint density at radius 2 is 1.12 bits per heavy atom. The molecule has 2 atom stereocenters. The van der Waals surface area contributed by atoms with Crippen molar-refractivity contribution in [3.05, 3.63) is 193 Å². The first-order chi connectivity index (χ1) is 25.2. The van der Waals surface area contributed by atoms with E-state index in [1.807, 2.05) is 12.1 Å². The van der Waals surface area contributed by atoms with Gasteiger partial charge in [-0.25, -0.2) is 4.99 Å². The van der Waals surface area contributed by atoms with Gasteiger partial charge in [0.15, 0.2) is 0 Å². The van der Waals surface area contributed by atoms with Crippen LogP contribution in [0, 0.1) is 0 Å².